The number of aromatic nitrogens is 1. The van der Waals surface area contributed by atoms with Gasteiger partial charge in [-0.3, -0.25) is 9.78 Å². The number of hydrogen-bond donors (Lipinski definition) is 1. The van der Waals surface area contributed by atoms with E-state index < -0.39 is 0 Å². The van der Waals surface area contributed by atoms with Gasteiger partial charge in [0.25, 0.3) is 0 Å². The van der Waals surface area contributed by atoms with Crippen LogP contribution >= 0.6 is 15.9 Å². The van der Waals surface area contributed by atoms with E-state index in [9.17, 15) is 4.79 Å². The third-order valence-electron chi connectivity index (χ3n) is 2.80. The summed E-state index contributed by atoms with van der Waals surface area (Å²) < 4.78 is 6.07. The molecule has 5 heteroatoms. The summed E-state index contributed by atoms with van der Waals surface area (Å²) in [6.07, 6.45) is 4.40. The molecule has 0 spiro atoms. The van der Waals surface area contributed by atoms with Crippen LogP contribution in [0.5, 0.6) is 5.75 Å². The van der Waals surface area contributed by atoms with Gasteiger partial charge in [0.1, 0.15) is 5.75 Å². The molecule has 0 radical (unpaired) electrons. The lowest BCUT2D eigenvalue weighted by Gasteiger charge is -2.07. The maximum atomic E-state index is 11.8. The molecule has 104 valence electrons. The van der Waals surface area contributed by atoms with E-state index in [1.54, 1.807) is 25.6 Å². The molecule has 0 saturated carbocycles. The second-order valence-electron chi connectivity index (χ2n) is 4.26. The van der Waals surface area contributed by atoms with Crippen LogP contribution in [-0.2, 0) is 11.2 Å². The topological polar surface area (TPSA) is 51.2 Å². The fraction of sp³-hybridized carbons (Fsp3) is 0.200. The number of hydrogen-bond acceptors (Lipinski definition) is 3. The van der Waals surface area contributed by atoms with Gasteiger partial charge in [-0.1, -0.05) is 6.07 Å². The van der Waals surface area contributed by atoms with E-state index in [-0.39, 0.29) is 5.91 Å². The third kappa shape index (κ3) is 4.06. The smallest absolute Gasteiger partial charge is 0.224 e. The van der Waals surface area contributed by atoms with Crippen LogP contribution in [-0.4, -0.2) is 18.0 Å². The number of methoxy groups -OCH3 is 1. The number of rotatable bonds is 5. The van der Waals surface area contributed by atoms with Crippen LogP contribution in [0, 0.1) is 0 Å². The lowest BCUT2D eigenvalue weighted by Crippen LogP contribution is -2.12. The Bertz CT molecular complexity index is 588. The van der Waals surface area contributed by atoms with E-state index in [0.29, 0.717) is 18.5 Å². The molecule has 1 amide bonds. The zero-order valence-electron chi connectivity index (χ0n) is 11.1. The number of amides is 1. The lowest BCUT2D eigenvalue weighted by atomic mass is 10.1. The molecule has 0 aliphatic heterocycles. The zero-order chi connectivity index (χ0) is 14.4. The summed E-state index contributed by atoms with van der Waals surface area (Å²) in [5.41, 5.74) is 1.80. The molecule has 1 N–H and O–H groups in total. The fourth-order valence-electron chi connectivity index (χ4n) is 1.78. The zero-order valence-corrected chi connectivity index (χ0v) is 12.7. The quantitative estimate of drug-likeness (QED) is 0.911. The first-order valence-electron chi connectivity index (χ1n) is 6.21. The molecule has 0 bridgehead atoms. The molecular formula is C15H15BrN2O2. The molecule has 0 atom stereocenters. The summed E-state index contributed by atoms with van der Waals surface area (Å²) in [5.74, 6) is 0.763. The molecule has 20 heavy (non-hydrogen) atoms. The van der Waals surface area contributed by atoms with E-state index >= 15 is 0 Å². The molecule has 2 aromatic rings. The summed E-state index contributed by atoms with van der Waals surface area (Å²) in [4.78, 5) is 15.8. The molecule has 0 aliphatic rings. The van der Waals surface area contributed by atoms with Gasteiger partial charge < -0.3 is 10.1 Å². The Morgan fingerprint density at radius 1 is 1.40 bits per heavy atom. The van der Waals surface area contributed by atoms with Gasteiger partial charge in [-0.25, -0.2) is 0 Å². The molecular weight excluding hydrogens is 320 g/mol. The van der Waals surface area contributed by atoms with Crippen LogP contribution < -0.4 is 10.1 Å². The van der Waals surface area contributed by atoms with Crippen LogP contribution in [0.15, 0.2) is 47.2 Å². The maximum Gasteiger partial charge on any atom is 0.224 e. The number of carbonyl (C=O) groups is 1. The van der Waals surface area contributed by atoms with Crippen LogP contribution in [0.2, 0.25) is 0 Å². The van der Waals surface area contributed by atoms with Crippen molar-refractivity contribution in [2.45, 2.75) is 12.8 Å². The van der Waals surface area contributed by atoms with Crippen molar-refractivity contribution in [1.82, 2.24) is 4.98 Å². The van der Waals surface area contributed by atoms with E-state index in [2.05, 4.69) is 26.2 Å². The minimum atomic E-state index is -0.0232. The van der Waals surface area contributed by atoms with E-state index in [4.69, 9.17) is 4.74 Å². The molecule has 0 fully saturated rings. The molecule has 4 nitrogen and oxygen atoms in total. The fourth-order valence-corrected chi connectivity index (χ4v) is 2.37. The Labute approximate surface area is 126 Å². The number of halogens is 1. The molecule has 2 rings (SSSR count). The number of anilines is 1. The Morgan fingerprint density at radius 3 is 2.90 bits per heavy atom. The molecule has 0 aliphatic carbocycles. The maximum absolute atomic E-state index is 11.8. The Morgan fingerprint density at radius 2 is 2.25 bits per heavy atom. The van der Waals surface area contributed by atoms with Crippen molar-refractivity contribution >= 4 is 27.5 Å². The predicted molar refractivity (Wildman–Crippen MR) is 81.9 cm³/mol. The van der Waals surface area contributed by atoms with Crippen LogP contribution in [0.4, 0.5) is 5.69 Å². The lowest BCUT2D eigenvalue weighted by molar-refractivity contribution is -0.116. The van der Waals surface area contributed by atoms with Crippen LogP contribution in [0.1, 0.15) is 12.0 Å². The van der Waals surface area contributed by atoms with Crippen LogP contribution in [0.3, 0.4) is 0 Å². The van der Waals surface area contributed by atoms with Gasteiger partial charge in [-0.2, -0.15) is 0 Å². The normalized spacial score (nSPS) is 10.1. The Balaban J connectivity index is 1.89. The minimum Gasteiger partial charge on any atom is -0.496 e. The highest BCUT2D eigenvalue weighted by Gasteiger charge is 2.05. The minimum absolute atomic E-state index is 0.0232. The molecule has 1 aromatic heterocycles. The number of nitrogens with zero attached hydrogens (tertiary/aromatic N) is 1. The van der Waals surface area contributed by atoms with Crippen LogP contribution in [0.25, 0.3) is 0 Å². The summed E-state index contributed by atoms with van der Waals surface area (Å²) in [7, 11) is 1.63. The first-order chi connectivity index (χ1) is 9.69. The molecule has 1 heterocycles. The number of ether oxygens (including phenoxy) is 1. The number of carbonyl (C=O) groups excluding carboxylic acids is 1. The van der Waals surface area contributed by atoms with E-state index in [1.807, 2.05) is 24.3 Å². The third-order valence-corrected chi connectivity index (χ3v) is 3.42. The molecule has 1 aromatic carbocycles. The largest absolute Gasteiger partial charge is 0.496 e. The van der Waals surface area contributed by atoms with Gasteiger partial charge in [-0.15, -0.1) is 0 Å². The molecule has 0 saturated heterocycles. The highest BCUT2D eigenvalue weighted by Crippen LogP contribution is 2.26. The highest BCUT2D eigenvalue weighted by atomic mass is 79.9. The predicted octanol–water partition coefficient (Wildman–Crippen LogP) is 3.42. The SMILES string of the molecule is COc1ccc(CCC(=O)Nc2cccnc2)cc1Br. The average molecular weight is 335 g/mol. The summed E-state index contributed by atoms with van der Waals surface area (Å²) in [6.45, 7) is 0. The molecule has 0 unspecified atom stereocenters. The van der Waals surface area contributed by atoms with Gasteiger partial charge in [-0.05, 0) is 52.2 Å². The van der Waals surface area contributed by atoms with E-state index in [0.717, 1.165) is 15.8 Å². The van der Waals surface area contributed by atoms with Gasteiger partial charge >= 0.3 is 0 Å². The van der Waals surface area contributed by atoms with Gasteiger partial charge in [0.15, 0.2) is 0 Å². The monoisotopic (exact) mass is 334 g/mol. The van der Waals surface area contributed by atoms with Crippen molar-refractivity contribution in [3.05, 3.63) is 52.8 Å². The van der Waals surface area contributed by atoms with Crippen molar-refractivity contribution in [1.29, 1.82) is 0 Å². The van der Waals surface area contributed by atoms with Crippen molar-refractivity contribution in [2.75, 3.05) is 12.4 Å². The first-order valence-corrected chi connectivity index (χ1v) is 7.00. The number of pyridine rings is 1. The standard InChI is InChI=1S/C15H15BrN2O2/c1-20-14-6-4-11(9-13(14)16)5-7-15(19)18-12-3-2-8-17-10-12/h2-4,6,8-10H,5,7H2,1H3,(H,18,19). The summed E-state index contributed by atoms with van der Waals surface area (Å²) in [5, 5.41) is 2.81. The number of benzene rings is 1. The van der Waals surface area contributed by atoms with Gasteiger partial charge in [0, 0.05) is 12.6 Å². The second-order valence-corrected chi connectivity index (χ2v) is 5.11. The average Bonchev–Trinajstić information content (AvgIpc) is 2.46. The highest BCUT2D eigenvalue weighted by molar-refractivity contribution is 9.10. The van der Waals surface area contributed by atoms with Crippen molar-refractivity contribution in [3.63, 3.8) is 0 Å². The Hall–Kier alpha value is -1.88. The van der Waals surface area contributed by atoms with Crippen molar-refractivity contribution in [2.24, 2.45) is 0 Å². The summed E-state index contributed by atoms with van der Waals surface area (Å²) in [6, 6.07) is 9.42. The van der Waals surface area contributed by atoms with Crippen molar-refractivity contribution < 1.29 is 9.53 Å². The summed E-state index contributed by atoms with van der Waals surface area (Å²) >= 11 is 3.43. The van der Waals surface area contributed by atoms with Crippen molar-refractivity contribution in [3.8, 4) is 5.75 Å². The second kappa shape index (κ2) is 7.05. The first kappa shape index (κ1) is 14.5. The number of nitrogens with one attached hydrogen (secondary N) is 1. The number of aryl methyl sites for hydroxylation is 1. The van der Waals surface area contributed by atoms with E-state index in [1.165, 1.54) is 0 Å². The Kier molecular flexibility index (Phi) is 5.12. The van der Waals surface area contributed by atoms with Gasteiger partial charge in [0.05, 0.1) is 23.5 Å². The van der Waals surface area contributed by atoms with Gasteiger partial charge in [0.2, 0.25) is 5.91 Å².